The number of hydrogen-bond donors (Lipinski definition) is 1. The zero-order chi connectivity index (χ0) is 8.48. The molecule has 0 fully saturated rings. The Morgan fingerprint density at radius 3 is 2.91 bits per heavy atom. The van der Waals surface area contributed by atoms with Crippen LogP contribution in [0.25, 0.3) is 0 Å². The lowest BCUT2D eigenvalue weighted by molar-refractivity contribution is -0.428. The van der Waals surface area contributed by atoms with Gasteiger partial charge in [0.2, 0.25) is 0 Å². The lowest BCUT2D eigenvalue weighted by Gasteiger charge is -2.16. The standard InChI is InChI=1S/C5H6ClN3O2/c6-5(7)1-4(9(10)11)2-8-3-5/h2-3H,1,7H2. The molecule has 5 nitrogen and oxygen atoms in total. The summed E-state index contributed by atoms with van der Waals surface area (Å²) < 4.78 is 0. The van der Waals surface area contributed by atoms with E-state index in [1.165, 1.54) is 6.21 Å². The Balaban J connectivity index is 2.81. The van der Waals surface area contributed by atoms with Gasteiger partial charge in [0.25, 0.3) is 5.70 Å². The average molecular weight is 176 g/mol. The van der Waals surface area contributed by atoms with E-state index in [-0.39, 0.29) is 12.1 Å². The Morgan fingerprint density at radius 1 is 1.91 bits per heavy atom. The Labute approximate surface area is 67.7 Å². The monoisotopic (exact) mass is 175 g/mol. The maximum Gasteiger partial charge on any atom is 0.267 e. The van der Waals surface area contributed by atoms with Crippen LogP contribution < -0.4 is 5.73 Å². The van der Waals surface area contributed by atoms with Gasteiger partial charge in [0, 0.05) is 6.21 Å². The molecule has 0 saturated heterocycles. The molecule has 6 heteroatoms. The van der Waals surface area contributed by atoms with E-state index >= 15 is 0 Å². The largest absolute Gasteiger partial charge is 0.308 e. The molecule has 0 radical (unpaired) electrons. The second-order valence-corrected chi connectivity index (χ2v) is 2.96. The van der Waals surface area contributed by atoms with Gasteiger partial charge in [0.15, 0.2) is 0 Å². The van der Waals surface area contributed by atoms with Crippen LogP contribution >= 0.6 is 11.6 Å². The molecule has 1 rings (SSSR count). The zero-order valence-corrected chi connectivity index (χ0v) is 6.28. The number of nitrogens with zero attached hydrogens (tertiary/aromatic N) is 2. The maximum atomic E-state index is 10.2. The third-order valence-electron chi connectivity index (χ3n) is 1.20. The molecule has 1 atom stereocenters. The molecule has 1 aliphatic rings. The van der Waals surface area contributed by atoms with Crippen LogP contribution in [0, 0.1) is 10.1 Å². The van der Waals surface area contributed by atoms with Crippen molar-refractivity contribution in [3.05, 3.63) is 22.0 Å². The van der Waals surface area contributed by atoms with Gasteiger partial charge in [-0.05, 0) is 0 Å². The summed E-state index contributed by atoms with van der Waals surface area (Å²) in [7, 11) is 0. The number of hydrogen-bond acceptors (Lipinski definition) is 4. The highest BCUT2D eigenvalue weighted by molar-refractivity contribution is 6.32. The third-order valence-corrected chi connectivity index (χ3v) is 1.43. The zero-order valence-electron chi connectivity index (χ0n) is 5.53. The fraction of sp³-hybridized carbons (Fsp3) is 0.400. The van der Waals surface area contributed by atoms with Gasteiger partial charge in [0.1, 0.15) is 5.00 Å². The van der Waals surface area contributed by atoms with Crippen LogP contribution in [-0.2, 0) is 0 Å². The normalized spacial score (nSPS) is 29.8. The Hall–Kier alpha value is -0.940. The van der Waals surface area contributed by atoms with E-state index in [4.69, 9.17) is 17.3 Å². The predicted octanol–water partition coefficient (Wildman–Crippen LogP) is 0.473. The highest BCUT2D eigenvalue weighted by Crippen LogP contribution is 2.20. The minimum atomic E-state index is -1.20. The van der Waals surface area contributed by atoms with Crippen molar-refractivity contribution in [2.75, 3.05) is 0 Å². The summed E-state index contributed by atoms with van der Waals surface area (Å²) in [6.45, 7) is 0. The molecule has 0 aliphatic carbocycles. The molecule has 11 heavy (non-hydrogen) atoms. The molecule has 1 heterocycles. The van der Waals surface area contributed by atoms with Crippen molar-refractivity contribution in [3.63, 3.8) is 0 Å². The molecule has 1 unspecified atom stereocenters. The van der Waals surface area contributed by atoms with Crippen LogP contribution in [0.2, 0.25) is 0 Å². The topological polar surface area (TPSA) is 81.5 Å². The van der Waals surface area contributed by atoms with E-state index in [2.05, 4.69) is 4.99 Å². The van der Waals surface area contributed by atoms with E-state index in [1.54, 1.807) is 0 Å². The van der Waals surface area contributed by atoms with Gasteiger partial charge in [-0.25, -0.2) is 0 Å². The van der Waals surface area contributed by atoms with Gasteiger partial charge in [-0.2, -0.15) is 0 Å². The van der Waals surface area contributed by atoms with Crippen molar-refractivity contribution in [2.24, 2.45) is 10.7 Å². The molecule has 0 aromatic carbocycles. The molecular weight excluding hydrogens is 170 g/mol. The van der Waals surface area contributed by atoms with Crippen LogP contribution in [0.3, 0.4) is 0 Å². The third kappa shape index (κ3) is 1.99. The summed E-state index contributed by atoms with van der Waals surface area (Å²) in [4.78, 5) is 12.0. The minimum absolute atomic E-state index is 0.00502. The van der Waals surface area contributed by atoms with Gasteiger partial charge in [-0.3, -0.25) is 15.1 Å². The lowest BCUT2D eigenvalue weighted by Crippen LogP contribution is -2.37. The first-order valence-electron chi connectivity index (χ1n) is 2.87. The molecule has 0 aromatic rings. The minimum Gasteiger partial charge on any atom is -0.308 e. The Kier molecular flexibility index (Phi) is 1.92. The number of aliphatic imine (C=N–C) groups is 1. The second-order valence-electron chi connectivity index (χ2n) is 2.26. The van der Waals surface area contributed by atoms with Crippen molar-refractivity contribution in [1.82, 2.24) is 0 Å². The molecule has 0 amide bonds. The maximum absolute atomic E-state index is 10.2. The SMILES string of the molecule is NC1(Cl)C=NC=C([N+](=O)[O-])C1. The van der Waals surface area contributed by atoms with Crippen LogP contribution in [0.5, 0.6) is 0 Å². The van der Waals surface area contributed by atoms with Gasteiger partial charge < -0.3 is 5.73 Å². The summed E-state index contributed by atoms with van der Waals surface area (Å²) in [5.74, 6) is 0. The van der Waals surface area contributed by atoms with E-state index in [9.17, 15) is 10.1 Å². The first kappa shape index (κ1) is 8.16. The van der Waals surface area contributed by atoms with E-state index in [0.29, 0.717) is 0 Å². The van der Waals surface area contributed by atoms with E-state index in [1.807, 2.05) is 0 Å². The van der Waals surface area contributed by atoms with Crippen LogP contribution in [0.4, 0.5) is 0 Å². The highest BCUT2D eigenvalue weighted by atomic mass is 35.5. The van der Waals surface area contributed by atoms with Crippen molar-refractivity contribution >= 4 is 17.8 Å². The van der Waals surface area contributed by atoms with Gasteiger partial charge in [-0.1, -0.05) is 11.6 Å². The van der Waals surface area contributed by atoms with Crippen LogP contribution in [-0.4, -0.2) is 16.1 Å². The first-order chi connectivity index (χ1) is 5.01. The van der Waals surface area contributed by atoms with Crippen molar-refractivity contribution in [1.29, 1.82) is 0 Å². The molecular formula is C5H6ClN3O2. The summed E-state index contributed by atoms with van der Waals surface area (Å²) >= 11 is 5.59. The Bertz CT molecular complexity index is 246. The smallest absolute Gasteiger partial charge is 0.267 e. The number of rotatable bonds is 1. The summed E-state index contributed by atoms with van der Waals surface area (Å²) in [6.07, 6.45) is 2.43. The van der Waals surface area contributed by atoms with Gasteiger partial charge >= 0.3 is 0 Å². The molecule has 60 valence electrons. The second kappa shape index (κ2) is 2.60. The summed E-state index contributed by atoms with van der Waals surface area (Å²) in [6, 6.07) is 0. The lowest BCUT2D eigenvalue weighted by atomic mass is 10.1. The molecule has 0 saturated carbocycles. The molecule has 0 spiro atoms. The summed E-state index contributed by atoms with van der Waals surface area (Å²) in [5.41, 5.74) is 5.31. The van der Waals surface area contributed by atoms with E-state index in [0.717, 1.165) is 6.20 Å². The highest BCUT2D eigenvalue weighted by Gasteiger charge is 2.29. The van der Waals surface area contributed by atoms with Crippen LogP contribution in [0.1, 0.15) is 6.42 Å². The van der Waals surface area contributed by atoms with Crippen molar-refractivity contribution < 1.29 is 4.92 Å². The van der Waals surface area contributed by atoms with Gasteiger partial charge in [-0.15, -0.1) is 0 Å². The van der Waals surface area contributed by atoms with E-state index < -0.39 is 9.92 Å². The number of nitro groups is 1. The van der Waals surface area contributed by atoms with Gasteiger partial charge in [0.05, 0.1) is 17.5 Å². The molecule has 0 aromatic heterocycles. The first-order valence-corrected chi connectivity index (χ1v) is 3.25. The number of halogens is 1. The number of alkyl halides is 1. The average Bonchev–Trinajstić information content (AvgIpc) is 1.85. The molecule has 1 aliphatic heterocycles. The number of nitrogens with two attached hydrogens (primary N) is 1. The predicted molar refractivity (Wildman–Crippen MR) is 41.0 cm³/mol. The van der Waals surface area contributed by atoms with Crippen molar-refractivity contribution in [2.45, 2.75) is 11.4 Å². The quantitative estimate of drug-likeness (QED) is 0.272. The summed E-state index contributed by atoms with van der Waals surface area (Å²) in [5, 5.41) is 10.2. The van der Waals surface area contributed by atoms with Crippen LogP contribution in [0.15, 0.2) is 16.9 Å². The fourth-order valence-electron chi connectivity index (χ4n) is 0.728. The molecule has 0 bridgehead atoms. The molecule has 2 N–H and O–H groups in total. The van der Waals surface area contributed by atoms with Crippen molar-refractivity contribution in [3.8, 4) is 0 Å². The Morgan fingerprint density at radius 2 is 2.55 bits per heavy atom. The fourth-order valence-corrected chi connectivity index (χ4v) is 0.921.